The number of ether oxygens (including phenoxy) is 1. The SMILES string of the molecule is C=CCOC(=O)c1cc(Br)c2nc(-c3cccc(Br)c3)[nH]c2c1. The molecular formula is C17H12Br2N2O2. The van der Waals surface area contributed by atoms with Crippen LogP contribution in [0.4, 0.5) is 0 Å². The van der Waals surface area contributed by atoms with Crippen molar-refractivity contribution in [1.29, 1.82) is 0 Å². The van der Waals surface area contributed by atoms with E-state index in [1.165, 1.54) is 6.08 Å². The van der Waals surface area contributed by atoms with Gasteiger partial charge >= 0.3 is 5.97 Å². The highest BCUT2D eigenvalue weighted by Crippen LogP contribution is 2.28. The van der Waals surface area contributed by atoms with Crippen molar-refractivity contribution >= 4 is 48.9 Å². The van der Waals surface area contributed by atoms with E-state index < -0.39 is 5.97 Å². The Bertz CT molecular complexity index is 903. The summed E-state index contributed by atoms with van der Waals surface area (Å²) >= 11 is 6.92. The van der Waals surface area contributed by atoms with Crippen LogP contribution in [0.5, 0.6) is 0 Å². The summed E-state index contributed by atoms with van der Waals surface area (Å²) in [6, 6.07) is 11.3. The molecule has 1 N–H and O–H groups in total. The fraction of sp³-hybridized carbons (Fsp3) is 0.0588. The molecule has 4 nitrogen and oxygen atoms in total. The molecule has 116 valence electrons. The number of imidazole rings is 1. The molecule has 0 saturated heterocycles. The van der Waals surface area contributed by atoms with Gasteiger partial charge in [-0.3, -0.25) is 0 Å². The van der Waals surface area contributed by atoms with Crippen LogP contribution in [-0.2, 0) is 4.74 Å². The second-order valence-corrected chi connectivity index (χ2v) is 6.61. The largest absolute Gasteiger partial charge is 0.458 e. The van der Waals surface area contributed by atoms with E-state index in [4.69, 9.17) is 4.74 Å². The molecule has 0 spiro atoms. The molecule has 0 saturated carbocycles. The van der Waals surface area contributed by atoms with Crippen LogP contribution in [0, 0.1) is 0 Å². The van der Waals surface area contributed by atoms with Crippen molar-refractivity contribution in [3.05, 3.63) is 63.6 Å². The van der Waals surface area contributed by atoms with Crippen molar-refractivity contribution in [3.8, 4) is 11.4 Å². The maximum Gasteiger partial charge on any atom is 0.338 e. The van der Waals surface area contributed by atoms with Crippen molar-refractivity contribution in [3.63, 3.8) is 0 Å². The van der Waals surface area contributed by atoms with Gasteiger partial charge in [0, 0.05) is 14.5 Å². The van der Waals surface area contributed by atoms with Crippen LogP contribution >= 0.6 is 31.9 Å². The Hall–Kier alpha value is -1.92. The van der Waals surface area contributed by atoms with Crippen LogP contribution in [-0.4, -0.2) is 22.5 Å². The number of aromatic amines is 1. The molecule has 0 aliphatic carbocycles. The number of aromatic nitrogens is 2. The first kappa shape index (κ1) is 16.0. The van der Waals surface area contributed by atoms with Gasteiger partial charge in [-0.1, -0.05) is 40.7 Å². The maximum atomic E-state index is 12.0. The predicted octanol–water partition coefficient (Wildman–Crippen LogP) is 5.10. The maximum absolute atomic E-state index is 12.0. The quantitative estimate of drug-likeness (QED) is 0.458. The number of halogens is 2. The van der Waals surface area contributed by atoms with Gasteiger partial charge in [0.15, 0.2) is 0 Å². The van der Waals surface area contributed by atoms with Crippen molar-refractivity contribution in [2.75, 3.05) is 6.61 Å². The number of nitrogens with zero attached hydrogens (tertiary/aromatic N) is 1. The number of rotatable bonds is 4. The number of hydrogen-bond acceptors (Lipinski definition) is 3. The summed E-state index contributed by atoms with van der Waals surface area (Å²) < 4.78 is 6.78. The van der Waals surface area contributed by atoms with E-state index in [0.717, 1.165) is 31.4 Å². The standard InChI is InChI=1S/C17H12Br2N2O2/c1-2-6-23-17(22)11-8-13(19)15-14(9-11)20-16(21-15)10-4-3-5-12(18)7-10/h2-5,7-9H,1,6H2,(H,20,21). The van der Waals surface area contributed by atoms with Crippen molar-refractivity contribution in [2.24, 2.45) is 0 Å². The van der Waals surface area contributed by atoms with Crippen LogP contribution in [0.15, 0.2) is 58.0 Å². The van der Waals surface area contributed by atoms with Crippen molar-refractivity contribution < 1.29 is 9.53 Å². The Kier molecular flexibility index (Phi) is 4.63. The molecule has 0 bridgehead atoms. The molecule has 23 heavy (non-hydrogen) atoms. The zero-order valence-corrected chi connectivity index (χ0v) is 15.1. The average molecular weight is 436 g/mol. The molecule has 0 atom stereocenters. The van der Waals surface area contributed by atoms with Gasteiger partial charge in [-0.15, -0.1) is 0 Å². The summed E-state index contributed by atoms with van der Waals surface area (Å²) in [7, 11) is 0. The molecule has 0 aliphatic heterocycles. The lowest BCUT2D eigenvalue weighted by atomic mass is 10.2. The average Bonchev–Trinajstić information content (AvgIpc) is 2.97. The summed E-state index contributed by atoms with van der Waals surface area (Å²) in [5.41, 5.74) is 2.94. The number of fused-ring (bicyclic) bond motifs is 1. The van der Waals surface area contributed by atoms with Gasteiger partial charge in [0.2, 0.25) is 0 Å². The smallest absolute Gasteiger partial charge is 0.338 e. The van der Waals surface area contributed by atoms with Gasteiger partial charge in [0.25, 0.3) is 0 Å². The summed E-state index contributed by atoms with van der Waals surface area (Å²) in [6.45, 7) is 3.71. The predicted molar refractivity (Wildman–Crippen MR) is 97.4 cm³/mol. The number of esters is 1. The van der Waals surface area contributed by atoms with Gasteiger partial charge in [-0.05, 0) is 40.2 Å². The molecule has 0 aliphatic rings. The highest BCUT2D eigenvalue weighted by molar-refractivity contribution is 9.11. The fourth-order valence-corrected chi connectivity index (χ4v) is 3.13. The number of carbonyl (C=O) groups excluding carboxylic acids is 1. The van der Waals surface area contributed by atoms with Crippen LogP contribution in [0.2, 0.25) is 0 Å². The molecule has 0 radical (unpaired) electrons. The minimum absolute atomic E-state index is 0.181. The second-order valence-electron chi connectivity index (χ2n) is 4.84. The zero-order chi connectivity index (χ0) is 16.4. The molecule has 1 aromatic heterocycles. The summed E-state index contributed by atoms with van der Waals surface area (Å²) in [6.07, 6.45) is 1.53. The van der Waals surface area contributed by atoms with E-state index in [-0.39, 0.29) is 6.61 Å². The van der Waals surface area contributed by atoms with Crippen LogP contribution in [0.1, 0.15) is 10.4 Å². The lowest BCUT2D eigenvalue weighted by molar-refractivity contribution is 0.0550. The van der Waals surface area contributed by atoms with E-state index in [2.05, 4.69) is 48.4 Å². The Balaban J connectivity index is 2.04. The van der Waals surface area contributed by atoms with Gasteiger partial charge in [0.1, 0.15) is 17.9 Å². The van der Waals surface area contributed by atoms with E-state index in [1.807, 2.05) is 24.3 Å². The molecule has 3 aromatic rings. The number of H-pyrrole nitrogens is 1. The normalized spacial score (nSPS) is 10.7. The lowest BCUT2D eigenvalue weighted by Gasteiger charge is -2.02. The van der Waals surface area contributed by atoms with Crippen LogP contribution in [0.25, 0.3) is 22.4 Å². The Labute approximate surface area is 149 Å². The van der Waals surface area contributed by atoms with Gasteiger partial charge in [-0.2, -0.15) is 0 Å². The zero-order valence-electron chi connectivity index (χ0n) is 12.0. The monoisotopic (exact) mass is 434 g/mol. The third-order valence-electron chi connectivity index (χ3n) is 3.21. The van der Waals surface area contributed by atoms with Gasteiger partial charge < -0.3 is 9.72 Å². The molecule has 3 rings (SSSR count). The first-order valence-electron chi connectivity index (χ1n) is 6.81. The highest BCUT2D eigenvalue weighted by atomic mass is 79.9. The van der Waals surface area contributed by atoms with E-state index in [1.54, 1.807) is 12.1 Å². The van der Waals surface area contributed by atoms with Crippen molar-refractivity contribution in [2.45, 2.75) is 0 Å². The van der Waals surface area contributed by atoms with Gasteiger partial charge in [0.05, 0.1) is 11.1 Å². The molecule has 0 amide bonds. The fourth-order valence-electron chi connectivity index (χ4n) is 2.18. The third kappa shape index (κ3) is 3.38. The van der Waals surface area contributed by atoms with Crippen molar-refractivity contribution in [1.82, 2.24) is 9.97 Å². The number of carbonyl (C=O) groups is 1. The van der Waals surface area contributed by atoms with Crippen LogP contribution in [0.3, 0.4) is 0 Å². The van der Waals surface area contributed by atoms with E-state index in [0.29, 0.717) is 5.56 Å². The molecule has 6 heteroatoms. The molecular weight excluding hydrogens is 424 g/mol. The minimum Gasteiger partial charge on any atom is -0.458 e. The summed E-state index contributed by atoms with van der Waals surface area (Å²) in [5, 5.41) is 0. The summed E-state index contributed by atoms with van der Waals surface area (Å²) in [5.74, 6) is 0.338. The molecule has 0 fully saturated rings. The number of benzene rings is 2. The second kappa shape index (κ2) is 6.68. The lowest BCUT2D eigenvalue weighted by Crippen LogP contribution is -2.05. The third-order valence-corrected chi connectivity index (χ3v) is 4.30. The Morgan fingerprint density at radius 1 is 1.30 bits per heavy atom. The first-order chi connectivity index (χ1) is 11.1. The number of hydrogen-bond donors (Lipinski definition) is 1. The first-order valence-corrected chi connectivity index (χ1v) is 8.40. The molecule has 0 unspecified atom stereocenters. The Morgan fingerprint density at radius 3 is 2.87 bits per heavy atom. The topological polar surface area (TPSA) is 55.0 Å². The summed E-state index contributed by atoms with van der Waals surface area (Å²) in [4.78, 5) is 19.8. The molecule has 2 aromatic carbocycles. The van der Waals surface area contributed by atoms with E-state index in [9.17, 15) is 4.79 Å². The highest BCUT2D eigenvalue weighted by Gasteiger charge is 2.14. The van der Waals surface area contributed by atoms with Gasteiger partial charge in [-0.25, -0.2) is 9.78 Å². The Morgan fingerprint density at radius 2 is 2.13 bits per heavy atom. The minimum atomic E-state index is -0.397. The molecule has 1 heterocycles. The van der Waals surface area contributed by atoms with E-state index >= 15 is 0 Å². The van der Waals surface area contributed by atoms with Crippen LogP contribution < -0.4 is 0 Å². The number of nitrogens with one attached hydrogen (secondary N) is 1.